The topological polar surface area (TPSA) is 79.3 Å². The maximum atomic E-state index is 14.1. The second-order valence-electron chi connectivity index (χ2n) is 14.4. The Labute approximate surface area is 278 Å². The van der Waals surface area contributed by atoms with Gasteiger partial charge in [0.2, 0.25) is 5.91 Å². The number of esters is 1. The first kappa shape index (κ1) is 31.5. The van der Waals surface area contributed by atoms with Crippen LogP contribution in [-0.2, 0) is 26.2 Å². The number of benzene rings is 3. The van der Waals surface area contributed by atoms with E-state index in [-0.39, 0.29) is 53.3 Å². The van der Waals surface area contributed by atoms with Gasteiger partial charge in [-0.25, -0.2) is 0 Å². The third-order valence-corrected chi connectivity index (χ3v) is 11.0. The first-order valence-electron chi connectivity index (χ1n) is 17.2. The quantitative estimate of drug-likeness (QED) is 0.211. The molecule has 246 valence electrons. The Kier molecular flexibility index (Phi) is 8.37. The predicted octanol–water partition coefficient (Wildman–Crippen LogP) is 6.61. The zero-order chi connectivity index (χ0) is 32.9. The lowest BCUT2D eigenvalue weighted by molar-refractivity contribution is -0.151. The minimum Gasteiger partial charge on any atom is -0.504 e. The molecular weight excluding hydrogens is 588 g/mol. The molecule has 1 N–H and O–H groups in total. The summed E-state index contributed by atoms with van der Waals surface area (Å²) in [6, 6.07) is 22.2. The molecule has 2 fully saturated rings. The average molecular weight is 635 g/mol. The number of aryl methyl sites for hydroxylation is 1. The molecular formula is C40H46N2O5. The molecule has 7 heteroatoms. The summed E-state index contributed by atoms with van der Waals surface area (Å²) in [5.74, 6) is 1.10. The van der Waals surface area contributed by atoms with Crippen molar-refractivity contribution >= 4 is 18.0 Å². The van der Waals surface area contributed by atoms with Crippen LogP contribution in [0.15, 0.2) is 72.8 Å². The van der Waals surface area contributed by atoms with Crippen molar-refractivity contribution in [2.75, 3.05) is 19.6 Å². The van der Waals surface area contributed by atoms with Gasteiger partial charge in [0.05, 0.1) is 6.04 Å². The van der Waals surface area contributed by atoms with Gasteiger partial charge in [-0.2, -0.15) is 0 Å². The number of piperidine rings is 1. The Morgan fingerprint density at radius 1 is 1.11 bits per heavy atom. The predicted molar refractivity (Wildman–Crippen MR) is 182 cm³/mol. The van der Waals surface area contributed by atoms with Gasteiger partial charge in [-0.3, -0.25) is 14.5 Å². The van der Waals surface area contributed by atoms with E-state index < -0.39 is 0 Å². The maximum Gasteiger partial charge on any atom is 0.303 e. The molecule has 0 aromatic heterocycles. The number of carbonyl (C=O) groups is 2. The standard InChI is InChI=1S/C40H46N2O5/c1-25(2)23-42(36(45)18-13-28-10-8-9-26(3)21-28)32-16-15-31-33-22-30-14-17-34(44)38-37(30)40(31,39(32)47-38)19-20-41(33)24-35(46-27(4)43)29-11-6-5-7-12-29/h5-14,17-18,21,25,31-33,35,39,44H,15-16,19-20,22-24H2,1-4H3/t31-,32+,33+,35?,39-,40-/m0/s1. The van der Waals surface area contributed by atoms with Gasteiger partial charge >= 0.3 is 5.97 Å². The number of phenols is 1. The lowest BCUT2D eigenvalue weighted by Crippen LogP contribution is -2.69. The van der Waals surface area contributed by atoms with Crippen molar-refractivity contribution in [1.29, 1.82) is 0 Å². The van der Waals surface area contributed by atoms with Crippen molar-refractivity contribution < 1.29 is 24.2 Å². The number of rotatable bonds is 9. The number of ether oxygens (including phenoxy) is 2. The Bertz CT molecular complexity index is 1690. The zero-order valence-corrected chi connectivity index (χ0v) is 27.9. The number of aromatic hydroxyl groups is 1. The van der Waals surface area contributed by atoms with Crippen LogP contribution in [0.25, 0.3) is 6.08 Å². The molecule has 1 amide bonds. The van der Waals surface area contributed by atoms with E-state index in [1.165, 1.54) is 18.1 Å². The zero-order valence-electron chi connectivity index (χ0n) is 27.9. The molecule has 1 saturated heterocycles. The van der Waals surface area contributed by atoms with Crippen molar-refractivity contribution in [2.24, 2.45) is 11.8 Å². The molecule has 47 heavy (non-hydrogen) atoms. The Hall–Kier alpha value is -4.10. The van der Waals surface area contributed by atoms with E-state index in [0.717, 1.165) is 48.9 Å². The summed E-state index contributed by atoms with van der Waals surface area (Å²) >= 11 is 0. The van der Waals surface area contributed by atoms with Gasteiger partial charge in [0.15, 0.2) is 11.5 Å². The number of likely N-dealkylation sites (tertiary alicyclic amines) is 1. The molecule has 0 radical (unpaired) electrons. The van der Waals surface area contributed by atoms with Crippen molar-refractivity contribution in [3.05, 3.63) is 101 Å². The van der Waals surface area contributed by atoms with E-state index in [0.29, 0.717) is 24.8 Å². The van der Waals surface area contributed by atoms with Crippen LogP contribution in [-0.4, -0.2) is 64.6 Å². The average Bonchev–Trinajstić information content (AvgIpc) is 3.40. The van der Waals surface area contributed by atoms with Crippen LogP contribution < -0.4 is 4.74 Å². The summed E-state index contributed by atoms with van der Waals surface area (Å²) in [4.78, 5) is 30.9. The van der Waals surface area contributed by atoms with E-state index in [4.69, 9.17) is 9.47 Å². The van der Waals surface area contributed by atoms with Crippen molar-refractivity contribution in [3.63, 3.8) is 0 Å². The Morgan fingerprint density at radius 2 is 1.91 bits per heavy atom. The number of phenolic OH excluding ortho intramolecular Hbond substituents is 1. The monoisotopic (exact) mass is 634 g/mol. The fourth-order valence-electron chi connectivity index (χ4n) is 9.25. The fourth-order valence-corrected chi connectivity index (χ4v) is 9.25. The molecule has 2 bridgehead atoms. The van der Waals surface area contributed by atoms with Crippen LogP contribution in [0.3, 0.4) is 0 Å². The van der Waals surface area contributed by atoms with E-state index in [1.807, 2.05) is 48.5 Å². The second-order valence-corrected chi connectivity index (χ2v) is 14.4. The van der Waals surface area contributed by atoms with Gasteiger partial charge in [0.25, 0.3) is 0 Å². The minimum absolute atomic E-state index is 0.000868. The highest BCUT2D eigenvalue weighted by Gasteiger charge is 2.66. The lowest BCUT2D eigenvalue weighted by atomic mass is 9.51. The third kappa shape index (κ3) is 5.62. The number of nitrogens with zero attached hydrogens (tertiary/aromatic N) is 2. The first-order chi connectivity index (χ1) is 22.7. The molecule has 7 nitrogen and oxygen atoms in total. The van der Waals surface area contributed by atoms with Crippen molar-refractivity contribution in [1.82, 2.24) is 9.80 Å². The van der Waals surface area contributed by atoms with E-state index >= 15 is 0 Å². The van der Waals surface area contributed by atoms with Crippen LogP contribution in [0, 0.1) is 18.8 Å². The summed E-state index contributed by atoms with van der Waals surface area (Å²) in [7, 11) is 0. The Morgan fingerprint density at radius 3 is 2.66 bits per heavy atom. The number of hydrogen-bond acceptors (Lipinski definition) is 6. The molecule has 6 atom stereocenters. The minimum atomic E-state index is -0.356. The van der Waals surface area contributed by atoms with E-state index in [9.17, 15) is 14.7 Å². The van der Waals surface area contributed by atoms with Crippen LogP contribution >= 0.6 is 0 Å². The smallest absolute Gasteiger partial charge is 0.303 e. The fraction of sp³-hybridized carbons (Fsp3) is 0.450. The molecule has 2 heterocycles. The molecule has 1 unspecified atom stereocenters. The molecule has 1 spiro atoms. The summed E-state index contributed by atoms with van der Waals surface area (Å²) < 4.78 is 12.8. The SMILES string of the molecule is CC(=O)OC(CN1CC[C@]23c4c5ccc(O)c4O[C@H]2[C@H](N(CC(C)C)C(=O)C=Cc2cccc(C)c2)CC[C@H]3[C@H]1C5)c1ccccc1. The molecule has 2 aliphatic carbocycles. The highest BCUT2D eigenvalue weighted by Crippen LogP contribution is 2.64. The first-order valence-corrected chi connectivity index (χ1v) is 17.2. The lowest BCUT2D eigenvalue weighted by Gasteiger charge is -2.60. The second kappa shape index (κ2) is 12.5. The summed E-state index contributed by atoms with van der Waals surface area (Å²) in [5.41, 5.74) is 5.25. The van der Waals surface area contributed by atoms with Gasteiger partial charge in [0, 0.05) is 43.1 Å². The van der Waals surface area contributed by atoms with Crippen LogP contribution in [0.5, 0.6) is 11.5 Å². The van der Waals surface area contributed by atoms with Crippen molar-refractivity contribution in [3.8, 4) is 11.5 Å². The summed E-state index contributed by atoms with van der Waals surface area (Å²) in [6.45, 7) is 9.92. The molecule has 1 saturated carbocycles. The van der Waals surface area contributed by atoms with Crippen LogP contribution in [0.4, 0.5) is 0 Å². The van der Waals surface area contributed by atoms with Gasteiger partial charge in [-0.05, 0) is 79.8 Å². The third-order valence-electron chi connectivity index (χ3n) is 11.0. The molecule has 4 aliphatic rings. The Balaban J connectivity index is 1.23. The van der Waals surface area contributed by atoms with Gasteiger partial charge < -0.3 is 19.5 Å². The van der Waals surface area contributed by atoms with Gasteiger partial charge in [-0.15, -0.1) is 0 Å². The molecule has 3 aromatic rings. The highest BCUT2D eigenvalue weighted by molar-refractivity contribution is 5.92. The number of amides is 1. The van der Waals surface area contributed by atoms with Crippen molar-refractivity contribution in [2.45, 2.75) is 83.1 Å². The normalized spacial score (nSPS) is 26.5. The molecule has 3 aromatic carbocycles. The van der Waals surface area contributed by atoms with E-state index in [1.54, 1.807) is 12.1 Å². The van der Waals surface area contributed by atoms with Gasteiger partial charge in [-0.1, -0.05) is 80.1 Å². The molecule has 7 rings (SSSR count). The number of carbonyl (C=O) groups excluding carboxylic acids is 2. The largest absolute Gasteiger partial charge is 0.504 e. The van der Waals surface area contributed by atoms with Crippen LogP contribution in [0.2, 0.25) is 0 Å². The number of hydrogen-bond donors (Lipinski definition) is 1. The molecule has 2 aliphatic heterocycles. The van der Waals surface area contributed by atoms with Gasteiger partial charge in [0.1, 0.15) is 12.2 Å². The maximum absolute atomic E-state index is 14.1. The van der Waals surface area contributed by atoms with Crippen LogP contribution in [0.1, 0.15) is 74.0 Å². The summed E-state index contributed by atoms with van der Waals surface area (Å²) in [6.07, 6.45) is 6.52. The summed E-state index contributed by atoms with van der Waals surface area (Å²) in [5, 5.41) is 11.1. The highest BCUT2D eigenvalue weighted by atomic mass is 16.5. The van der Waals surface area contributed by atoms with E-state index in [2.05, 4.69) is 48.8 Å².